The van der Waals surface area contributed by atoms with E-state index in [4.69, 9.17) is 0 Å². The van der Waals surface area contributed by atoms with E-state index in [0.717, 1.165) is 17.1 Å². The average molecular weight is 828 g/mol. The van der Waals surface area contributed by atoms with Crippen molar-refractivity contribution in [2.45, 2.75) is 24.7 Å². The van der Waals surface area contributed by atoms with Gasteiger partial charge in [0.25, 0.3) is 0 Å². The van der Waals surface area contributed by atoms with Crippen LogP contribution in [0.4, 0.5) is 17.1 Å². The third-order valence-corrected chi connectivity index (χ3v) is 14.7. The first kappa shape index (κ1) is 37.5. The maximum Gasteiger partial charge on any atom is 0.0726 e. The van der Waals surface area contributed by atoms with E-state index in [1.54, 1.807) is 0 Å². The summed E-state index contributed by atoms with van der Waals surface area (Å²) in [6, 6.07) is 88.3. The molecule has 0 heterocycles. The molecule has 0 saturated carbocycles. The Morgan fingerprint density at radius 3 is 1.40 bits per heavy atom. The van der Waals surface area contributed by atoms with Gasteiger partial charge in [-0.15, -0.1) is 0 Å². The van der Waals surface area contributed by atoms with Gasteiger partial charge in [-0.2, -0.15) is 0 Å². The third kappa shape index (κ3) is 5.46. The van der Waals surface area contributed by atoms with E-state index < -0.39 is 5.41 Å². The van der Waals surface area contributed by atoms with E-state index in [1.165, 1.54) is 100 Å². The Balaban J connectivity index is 1.02. The van der Waals surface area contributed by atoms with Crippen LogP contribution in [0.15, 0.2) is 237 Å². The van der Waals surface area contributed by atoms with Gasteiger partial charge in [0, 0.05) is 22.5 Å². The van der Waals surface area contributed by atoms with Crippen LogP contribution in [0.3, 0.4) is 0 Å². The van der Waals surface area contributed by atoms with Crippen molar-refractivity contribution in [3.63, 3.8) is 0 Å². The summed E-state index contributed by atoms with van der Waals surface area (Å²) in [6.07, 6.45) is 0. The first-order chi connectivity index (χ1) is 32.0. The Kier molecular flexibility index (Phi) is 8.24. The Bertz CT molecular complexity index is 3420. The van der Waals surface area contributed by atoms with Gasteiger partial charge in [0.05, 0.1) is 5.41 Å². The Labute approximate surface area is 381 Å². The molecular formula is C64H45N. The minimum atomic E-state index is -0.523. The molecule has 10 aromatic rings. The van der Waals surface area contributed by atoms with Gasteiger partial charge in [-0.25, -0.2) is 0 Å². The van der Waals surface area contributed by atoms with E-state index in [9.17, 15) is 0 Å². The summed E-state index contributed by atoms with van der Waals surface area (Å²) in [5.74, 6) is 0. The van der Waals surface area contributed by atoms with E-state index in [0.29, 0.717) is 0 Å². The fourth-order valence-corrected chi connectivity index (χ4v) is 11.8. The van der Waals surface area contributed by atoms with Gasteiger partial charge in [-0.05, 0) is 149 Å². The van der Waals surface area contributed by atoms with E-state index in [1.807, 2.05) is 0 Å². The summed E-state index contributed by atoms with van der Waals surface area (Å²) >= 11 is 0. The number of anilines is 3. The molecule has 3 aliphatic rings. The summed E-state index contributed by atoms with van der Waals surface area (Å²) in [5, 5.41) is 0. The lowest BCUT2D eigenvalue weighted by molar-refractivity contribution is 0.660. The van der Waals surface area contributed by atoms with Crippen LogP contribution in [0.5, 0.6) is 0 Å². The molecule has 3 aliphatic carbocycles. The van der Waals surface area contributed by atoms with Crippen molar-refractivity contribution in [3.05, 3.63) is 270 Å². The Morgan fingerprint density at radius 2 is 0.723 bits per heavy atom. The van der Waals surface area contributed by atoms with Crippen molar-refractivity contribution < 1.29 is 0 Å². The molecule has 0 N–H and O–H groups in total. The van der Waals surface area contributed by atoms with Crippen molar-refractivity contribution in [3.8, 4) is 66.8 Å². The van der Waals surface area contributed by atoms with E-state index >= 15 is 0 Å². The molecule has 65 heavy (non-hydrogen) atoms. The fraction of sp³-hybridized carbons (Fsp3) is 0.0625. The SMILES string of the molecule is CC1(C)c2ccccc2-c2ccc(N(c3ccccc3)c3cccc(-c4cccc5c4-c4ccccc4C54c5cc(-c6ccccc6)ccc5-c5ccc(-c6ccccc6)cc54)c3)cc21. The third-order valence-electron chi connectivity index (χ3n) is 14.7. The lowest BCUT2D eigenvalue weighted by Gasteiger charge is -2.31. The van der Waals surface area contributed by atoms with Crippen molar-refractivity contribution in [1.82, 2.24) is 0 Å². The highest BCUT2D eigenvalue weighted by molar-refractivity contribution is 6.01. The minimum absolute atomic E-state index is 0.110. The minimum Gasteiger partial charge on any atom is -0.310 e. The molecule has 1 nitrogen and oxygen atoms in total. The van der Waals surface area contributed by atoms with E-state index in [2.05, 4.69) is 255 Å². The van der Waals surface area contributed by atoms with Crippen LogP contribution >= 0.6 is 0 Å². The van der Waals surface area contributed by atoms with Crippen LogP contribution in [-0.4, -0.2) is 0 Å². The molecule has 13 rings (SSSR count). The van der Waals surface area contributed by atoms with Crippen molar-refractivity contribution in [2.75, 3.05) is 4.90 Å². The number of fused-ring (bicyclic) bond motifs is 13. The van der Waals surface area contributed by atoms with Crippen LogP contribution in [-0.2, 0) is 10.8 Å². The zero-order valence-corrected chi connectivity index (χ0v) is 36.5. The maximum atomic E-state index is 2.49. The zero-order chi connectivity index (χ0) is 43.3. The molecule has 0 radical (unpaired) electrons. The number of benzene rings is 10. The van der Waals surface area contributed by atoms with Crippen molar-refractivity contribution in [2.24, 2.45) is 0 Å². The number of rotatable bonds is 6. The highest BCUT2D eigenvalue weighted by Crippen LogP contribution is 2.65. The van der Waals surface area contributed by atoms with Crippen LogP contribution in [0.25, 0.3) is 66.8 Å². The van der Waals surface area contributed by atoms with Gasteiger partial charge in [0.2, 0.25) is 0 Å². The first-order valence-corrected chi connectivity index (χ1v) is 22.8. The predicted octanol–water partition coefficient (Wildman–Crippen LogP) is 16.8. The smallest absolute Gasteiger partial charge is 0.0726 e. The highest BCUT2D eigenvalue weighted by atomic mass is 15.1. The topological polar surface area (TPSA) is 3.24 Å². The van der Waals surface area contributed by atoms with Gasteiger partial charge in [-0.3, -0.25) is 0 Å². The van der Waals surface area contributed by atoms with Crippen molar-refractivity contribution in [1.29, 1.82) is 0 Å². The zero-order valence-electron chi connectivity index (χ0n) is 36.5. The molecule has 0 atom stereocenters. The van der Waals surface area contributed by atoms with Crippen LogP contribution in [0, 0.1) is 0 Å². The second-order valence-electron chi connectivity index (χ2n) is 18.4. The lowest BCUT2D eigenvalue weighted by Crippen LogP contribution is -2.26. The standard InChI is InChI=1S/C64H45N/c1-63(2)56-29-14-12-26-51(56)52-37-34-49(41-59(52)63)65(47-23-10-5-11-24-47)48-25-16-22-46(38-48)50-28-17-31-58-62(50)55-27-13-15-30-57(55)64(58)60-39-44(42-18-6-3-7-19-42)32-35-53(60)54-36-33-45(40-61(54)64)43-20-8-4-9-21-43/h3-41H,1-2H3. The molecule has 0 bridgehead atoms. The largest absolute Gasteiger partial charge is 0.310 e. The summed E-state index contributed by atoms with van der Waals surface area (Å²) < 4.78 is 0. The molecule has 0 amide bonds. The molecule has 0 aliphatic heterocycles. The van der Waals surface area contributed by atoms with Crippen LogP contribution in [0.1, 0.15) is 47.2 Å². The number of hydrogen-bond donors (Lipinski definition) is 0. The number of para-hydroxylation sites is 1. The molecule has 0 fully saturated rings. The molecule has 1 heteroatoms. The molecule has 1 spiro atoms. The van der Waals surface area contributed by atoms with Gasteiger partial charge < -0.3 is 4.90 Å². The van der Waals surface area contributed by atoms with Gasteiger partial charge in [-0.1, -0.05) is 202 Å². The quantitative estimate of drug-likeness (QED) is 0.161. The van der Waals surface area contributed by atoms with Crippen LogP contribution < -0.4 is 4.90 Å². The molecule has 0 aromatic heterocycles. The highest BCUT2D eigenvalue weighted by Gasteiger charge is 2.52. The first-order valence-electron chi connectivity index (χ1n) is 22.8. The fourth-order valence-electron chi connectivity index (χ4n) is 11.8. The van der Waals surface area contributed by atoms with Gasteiger partial charge in [0.1, 0.15) is 0 Å². The monoisotopic (exact) mass is 827 g/mol. The molecule has 306 valence electrons. The molecule has 0 saturated heterocycles. The summed E-state index contributed by atoms with van der Waals surface area (Å²) in [6.45, 7) is 4.73. The predicted molar refractivity (Wildman–Crippen MR) is 271 cm³/mol. The molecular weight excluding hydrogens is 783 g/mol. The Morgan fingerprint density at radius 1 is 0.262 bits per heavy atom. The van der Waals surface area contributed by atoms with Gasteiger partial charge >= 0.3 is 0 Å². The second-order valence-corrected chi connectivity index (χ2v) is 18.4. The lowest BCUT2D eigenvalue weighted by atomic mass is 9.69. The average Bonchev–Trinajstić information content (AvgIpc) is 3.93. The number of hydrogen-bond acceptors (Lipinski definition) is 1. The molecule has 0 unspecified atom stereocenters. The van der Waals surface area contributed by atoms with Gasteiger partial charge in [0.15, 0.2) is 0 Å². The molecule has 10 aromatic carbocycles. The Hall–Kier alpha value is -8.00. The van der Waals surface area contributed by atoms with Crippen molar-refractivity contribution >= 4 is 17.1 Å². The van der Waals surface area contributed by atoms with E-state index in [-0.39, 0.29) is 5.41 Å². The summed E-state index contributed by atoms with van der Waals surface area (Å²) in [7, 11) is 0. The summed E-state index contributed by atoms with van der Waals surface area (Å²) in [5.41, 5.74) is 26.1. The number of nitrogens with zero attached hydrogens (tertiary/aromatic N) is 1. The normalized spacial score (nSPS) is 13.9. The summed E-state index contributed by atoms with van der Waals surface area (Å²) in [4.78, 5) is 2.43. The maximum absolute atomic E-state index is 2.49. The van der Waals surface area contributed by atoms with Crippen LogP contribution in [0.2, 0.25) is 0 Å². The second kappa shape index (κ2) is 14.3.